The topological polar surface area (TPSA) is 84.2 Å². The van der Waals surface area contributed by atoms with E-state index in [1.165, 1.54) is 18.9 Å². The van der Waals surface area contributed by atoms with Gasteiger partial charge >= 0.3 is 0 Å². The van der Waals surface area contributed by atoms with Gasteiger partial charge in [-0.3, -0.25) is 4.79 Å². The maximum Gasteiger partial charge on any atom is 0.234 e. The normalized spacial score (nSPS) is 12.2. The third kappa shape index (κ3) is 3.92. The molecule has 6 nitrogen and oxygen atoms in total. The van der Waals surface area contributed by atoms with E-state index in [4.69, 9.17) is 9.47 Å². The first-order valence-electron chi connectivity index (χ1n) is 8.22. The molecule has 26 heavy (non-hydrogen) atoms. The minimum Gasteiger partial charge on any atom is -0.497 e. The number of benzene rings is 1. The van der Waals surface area contributed by atoms with Crippen LogP contribution in [-0.4, -0.2) is 30.9 Å². The van der Waals surface area contributed by atoms with Crippen LogP contribution in [0.2, 0.25) is 0 Å². The molecule has 134 valence electrons. The van der Waals surface area contributed by atoms with Crippen LogP contribution in [0.15, 0.2) is 29.3 Å². The molecular formula is C19H19N3O3S. The molecule has 1 heterocycles. The first-order chi connectivity index (χ1) is 12.6. The zero-order valence-electron chi connectivity index (χ0n) is 14.7. The molecular weight excluding hydrogens is 350 g/mol. The number of nitriles is 1. The lowest BCUT2D eigenvalue weighted by molar-refractivity contribution is -0.113. The number of aryl methyl sites for hydroxylation is 2. The number of rotatable bonds is 6. The number of nitrogens with one attached hydrogen (secondary N) is 1. The summed E-state index contributed by atoms with van der Waals surface area (Å²) in [5.41, 5.74) is 3.30. The van der Waals surface area contributed by atoms with Gasteiger partial charge in [-0.1, -0.05) is 11.8 Å². The number of carbonyl (C=O) groups is 1. The summed E-state index contributed by atoms with van der Waals surface area (Å²) in [5.74, 6) is 1.14. The van der Waals surface area contributed by atoms with E-state index in [0.29, 0.717) is 27.8 Å². The smallest absolute Gasteiger partial charge is 0.234 e. The highest BCUT2D eigenvalue weighted by Gasteiger charge is 2.18. The summed E-state index contributed by atoms with van der Waals surface area (Å²) in [7, 11) is 3.10. The summed E-state index contributed by atoms with van der Waals surface area (Å²) in [6.45, 7) is 0. The zero-order chi connectivity index (χ0) is 18.5. The van der Waals surface area contributed by atoms with Gasteiger partial charge in [0.05, 0.1) is 31.2 Å². The number of anilines is 1. The van der Waals surface area contributed by atoms with Gasteiger partial charge in [0.15, 0.2) is 0 Å². The predicted molar refractivity (Wildman–Crippen MR) is 99.9 cm³/mol. The van der Waals surface area contributed by atoms with Crippen LogP contribution in [0, 0.1) is 11.3 Å². The van der Waals surface area contributed by atoms with Crippen LogP contribution in [0.25, 0.3) is 0 Å². The fourth-order valence-corrected chi connectivity index (χ4v) is 3.64. The standard InChI is InChI=1S/C19H19N3O3S/c1-24-14-6-7-16(17(9-14)25-2)21-18(23)11-26-19-13(10-20)8-12-4-3-5-15(12)22-19/h6-9H,3-5,11H2,1-2H3,(H,21,23). The third-order valence-corrected chi connectivity index (χ3v) is 5.15. The molecule has 0 fully saturated rings. The molecule has 0 aliphatic heterocycles. The number of pyridine rings is 1. The van der Waals surface area contributed by atoms with Crippen molar-refractivity contribution in [2.75, 3.05) is 25.3 Å². The van der Waals surface area contributed by atoms with Crippen LogP contribution in [0.3, 0.4) is 0 Å². The predicted octanol–water partition coefficient (Wildman–Crippen LogP) is 3.19. The second-order valence-corrected chi connectivity index (χ2v) is 6.78. The lowest BCUT2D eigenvalue weighted by atomic mass is 10.2. The Labute approximate surface area is 156 Å². The highest BCUT2D eigenvalue weighted by atomic mass is 32.2. The summed E-state index contributed by atoms with van der Waals surface area (Å²) in [5, 5.41) is 12.8. The number of ether oxygens (including phenoxy) is 2. The monoisotopic (exact) mass is 369 g/mol. The fraction of sp³-hybridized carbons (Fsp3) is 0.316. The molecule has 1 aliphatic carbocycles. The van der Waals surface area contributed by atoms with Gasteiger partial charge in [0.1, 0.15) is 22.6 Å². The van der Waals surface area contributed by atoms with Gasteiger partial charge in [-0.2, -0.15) is 5.26 Å². The fourth-order valence-electron chi connectivity index (χ4n) is 2.87. The molecule has 0 radical (unpaired) electrons. The van der Waals surface area contributed by atoms with Gasteiger partial charge in [0.2, 0.25) is 5.91 Å². The second kappa shape index (κ2) is 8.11. The van der Waals surface area contributed by atoms with Crippen LogP contribution in [0.4, 0.5) is 5.69 Å². The molecule has 1 amide bonds. The van der Waals surface area contributed by atoms with Crippen molar-refractivity contribution >= 4 is 23.4 Å². The van der Waals surface area contributed by atoms with Crippen molar-refractivity contribution in [1.82, 2.24) is 4.98 Å². The van der Waals surface area contributed by atoms with Gasteiger partial charge in [0.25, 0.3) is 0 Å². The molecule has 0 atom stereocenters. The molecule has 0 unspecified atom stereocenters. The van der Waals surface area contributed by atoms with Crippen molar-refractivity contribution in [2.45, 2.75) is 24.3 Å². The van der Waals surface area contributed by atoms with E-state index >= 15 is 0 Å². The molecule has 0 spiro atoms. The van der Waals surface area contributed by atoms with Crippen molar-refractivity contribution in [1.29, 1.82) is 5.26 Å². The van der Waals surface area contributed by atoms with E-state index in [1.807, 2.05) is 6.07 Å². The first kappa shape index (κ1) is 18.1. The highest BCUT2D eigenvalue weighted by molar-refractivity contribution is 8.00. The second-order valence-electron chi connectivity index (χ2n) is 5.82. The van der Waals surface area contributed by atoms with Crippen molar-refractivity contribution in [3.8, 4) is 17.6 Å². The molecule has 1 aliphatic rings. The van der Waals surface area contributed by atoms with Crippen LogP contribution in [0.1, 0.15) is 23.2 Å². The SMILES string of the molecule is COc1ccc(NC(=O)CSc2nc3c(cc2C#N)CCC3)c(OC)c1. The summed E-state index contributed by atoms with van der Waals surface area (Å²) in [6.07, 6.45) is 2.97. The van der Waals surface area contributed by atoms with E-state index in [9.17, 15) is 10.1 Å². The van der Waals surface area contributed by atoms with Gasteiger partial charge in [-0.05, 0) is 43.0 Å². The van der Waals surface area contributed by atoms with E-state index in [-0.39, 0.29) is 11.7 Å². The Morgan fingerprint density at radius 2 is 2.15 bits per heavy atom. The van der Waals surface area contributed by atoms with E-state index in [0.717, 1.165) is 30.5 Å². The summed E-state index contributed by atoms with van der Waals surface area (Å²) in [6, 6.07) is 9.27. The number of methoxy groups -OCH3 is 2. The average Bonchev–Trinajstić information content (AvgIpc) is 3.13. The number of fused-ring (bicyclic) bond motifs is 1. The van der Waals surface area contributed by atoms with Crippen LogP contribution < -0.4 is 14.8 Å². The number of hydrogen-bond donors (Lipinski definition) is 1. The third-order valence-electron chi connectivity index (χ3n) is 4.16. The van der Waals surface area contributed by atoms with E-state index in [2.05, 4.69) is 16.4 Å². The molecule has 0 bridgehead atoms. The van der Waals surface area contributed by atoms with Crippen molar-refractivity contribution in [3.63, 3.8) is 0 Å². The average molecular weight is 369 g/mol. The lowest BCUT2D eigenvalue weighted by Crippen LogP contribution is -2.15. The Morgan fingerprint density at radius 1 is 1.31 bits per heavy atom. The minimum atomic E-state index is -0.190. The lowest BCUT2D eigenvalue weighted by Gasteiger charge is -2.12. The molecule has 1 aromatic heterocycles. The Morgan fingerprint density at radius 3 is 2.88 bits per heavy atom. The van der Waals surface area contributed by atoms with Crippen LogP contribution in [0.5, 0.6) is 11.5 Å². The highest BCUT2D eigenvalue weighted by Crippen LogP contribution is 2.30. The first-order valence-corrected chi connectivity index (χ1v) is 9.20. The van der Waals surface area contributed by atoms with Crippen molar-refractivity contribution < 1.29 is 14.3 Å². The van der Waals surface area contributed by atoms with Crippen molar-refractivity contribution in [3.05, 3.63) is 41.1 Å². The summed E-state index contributed by atoms with van der Waals surface area (Å²) < 4.78 is 10.4. The molecule has 3 rings (SSSR count). The number of aromatic nitrogens is 1. The molecule has 0 saturated heterocycles. The van der Waals surface area contributed by atoms with E-state index < -0.39 is 0 Å². The number of thioether (sulfide) groups is 1. The van der Waals surface area contributed by atoms with Gasteiger partial charge in [0, 0.05) is 11.8 Å². The van der Waals surface area contributed by atoms with Gasteiger partial charge in [-0.15, -0.1) is 0 Å². The molecule has 2 aromatic rings. The maximum atomic E-state index is 12.3. The van der Waals surface area contributed by atoms with Crippen molar-refractivity contribution in [2.24, 2.45) is 0 Å². The molecule has 7 heteroatoms. The quantitative estimate of drug-likeness (QED) is 0.787. The van der Waals surface area contributed by atoms with Crippen LogP contribution >= 0.6 is 11.8 Å². The van der Waals surface area contributed by atoms with Gasteiger partial charge in [-0.25, -0.2) is 4.98 Å². The molecule has 0 saturated carbocycles. The maximum absolute atomic E-state index is 12.3. The zero-order valence-corrected chi connectivity index (χ0v) is 15.5. The molecule has 1 N–H and O–H groups in total. The number of amides is 1. The number of carbonyl (C=O) groups excluding carboxylic acids is 1. The summed E-state index contributed by atoms with van der Waals surface area (Å²) in [4.78, 5) is 16.9. The van der Waals surface area contributed by atoms with Gasteiger partial charge < -0.3 is 14.8 Å². The summed E-state index contributed by atoms with van der Waals surface area (Å²) >= 11 is 1.27. The Kier molecular flexibility index (Phi) is 5.64. The largest absolute Gasteiger partial charge is 0.497 e. The Balaban J connectivity index is 1.68. The minimum absolute atomic E-state index is 0.162. The van der Waals surface area contributed by atoms with Crippen LogP contribution in [-0.2, 0) is 17.6 Å². The number of nitrogens with zero attached hydrogens (tertiary/aromatic N) is 2. The Hall–Kier alpha value is -2.72. The Bertz CT molecular complexity index is 877. The molecule has 1 aromatic carbocycles. The number of hydrogen-bond acceptors (Lipinski definition) is 6. The van der Waals surface area contributed by atoms with E-state index in [1.54, 1.807) is 25.3 Å².